The van der Waals surface area contributed by atoms with Crippen LogP contribution in [0.1, 0.15) is 15.9 Å². The minimum absolute atomic E-state index is 0.0746. The van der Waals surface area contributed by atoms with Crippen LogP contribution < -0.4 is 10.3 Å². The second-order valence-corrected chi connectivity index (χ2v) is 5.57. The van der Waals surface area contributed by atoms with Gasteiger partial charge >= 0.3 is 0 Å². The maximum absolute atomic E-state index is 11.9. The maximum Gasteiger partial charge on any atom is 0.269 e. The molecule has 0 aliphatic heterocycles. The molecule has 0 aliphatic rings. The Hall–Kier alpha value is -2.12. The van der Waals surface area contributed by atoms with Crippen molar-refractivity contribution in [1.29, 1.82) is 0 Å². The van der Waals surface area contributed by atoms with E-state index >= 15 is 0 Å². The van der Waals surface area contributed by atoms with E-state index in [9.17, 15) is 13.2 Å². The number of rotatable bonds is 4. The van der Waals surface area contributed by atoms with Gasteiger partial charge in [-0.1, -0.05) is 17.7 Å². The first-order valence-electron chi connectivity index (χ1n) is 5.40. The molecule has 1 amide bonds. The molecule has 7 heteroatoms. The highest BCUT2D eigenvalue weighted by atomic mass is 32.2. The lowest BCUT2D eigenvalue weighted by atomic mass is 10.2. The third-order valence-corrected chi connectivity index (χ3v) is 3.68. The summed E-state index contributed by atoms with van der Waals surface area (Å²) in [5.74, 6) is -0.593. The lowest BCUT2D eigenvalue weighted by molar-refractivity contribution is 0.0944. The Kier molecular flexibility index (Phi) is 3.68. The monoisotopic (exact) mass is 280 g/mol. The van der Waals surface area contributed by atoms with Crippen molar-refractivity contribution in [3.63, 3.8) is 0 Å². The van der Waals surface area contributed by atoms with Crippen molar-refractivity contribution in [1.82, 2.24) is 10.3 Å². The zero-order chi connectivity index (χ0) is 13.9. The van der Waals surface area contributed by atoms with E-state index in [0.29, 0.717) is 0 Å². The second-order valence-electron chi connectivity index (χ2n) is 3.88. The van der Waals surface area contributed by atoms with Crippen molar-refractivity contribution in [3.8, 4) is 0 Å². The van der Waals surface area contributed by atoms with E-state index in [1.807, 2.05) is 11.8 Å². The highest BCUT2D eigenvalue weighted by Crippen LogP contribution is 2.09. The molecule has 0 bridgehead atoms. The molecule has 0 saturated carbocycles. The Morgan fingerprint density at radius 3 is 2.42 bits per heavy atom. The molecule has 0 unspecified atom stereocenters. The zero-order valence-electron chi connectivity index (χ0n) is 10.1. The van der Waals surface area contributed by atoms with Gasteiger partial charge < -0.3 is 4.42 Å². The predicted molar refractivity (Wildman–Crippen MR) is 67.7 cm³/mol. The molecule has 0 atom stereocenters. The molecule has 2 aromatic rings. The minimum atomic E-state index is -3.78. The van der Waals surface area contributed by atoms with Gasteiger partial charge in [-0.25, -0.2) is 8.42 Å². The first-order valence-corrected chi connectivity index (χ1v) is 6.88. The molecule has 0 radical (unpaired) electrons. The number of benzene rings is 1. The molecular weight excluding hydrogens is 268 g/mol. The van der Waals surface area contributed by atoms with Crippen LogP contribution in [0.3, 0.4) is 0 Å². The van der Waals surface area contributed by atoms with Gasteiger partial charge in [0, 0.05) is 0 Å². The smallest absolute Gasteiger partial charge is 0.269 e. The first-order chi connectivity index (χ1) is 8.99. The number of nitrogens with one attached hydrogen (secondary N) is 2. The Morgan fingerprint density at radius 2 is 1.84 bits per heavy atom. The van der Waals surface area contributed by atoms with E-state index in [2.05, 4.69) is 5.43 Å². The Morgan fingerprint density at radius 1 is 1.16 bits per heavy atom. The Bertz CT molecular complexity index is 660. The molecule has 2 N–H and O–H groups in total. The normalized spacial score (nSPS) is 11.2. The Balaban J connectivity index is 2.06. The van der Waals surface area contributed by atoms with Crippen LogP contribution in [-0.2, 0) is 10.0 Å². The van der Waals surface area contributed by atoms with Crippen molar-refractivity contribution in [2.45, 2.75) is 11.8 Å². The molecular formula is C12H12N2O4S. The largest absolute Gasteiger partial charge is 0.472 e. The molecule has 2 rings (SSSR count). The number of hydrogen-bond donors (Lipinski definition) is 2. The van der Waals surface area contributed by atoms with Crippen LogP contribution in [0.25, 0.3) is 0 Å². The van der Waals surface area contributed by atoms with E-state index in [1.54, 1.807) is 12.1 Å². The summed E-state index contributed by atoms with van der Waals surface area (Å²) >= 11 is 0. The van der Waals surface area contributed by atoms with E-state index in [-0.39, 0.29) is 10.5 Å². The molecule has 1 heterocycles. The quantitative estimate of drug-likeness (QED) is 0.824. The molecule has 0 saturated heterocycles. The molecule has 0 fully saturated rings. The number of amides is 1. The zero-order valence-corrected chi connectivity index (χ0v) is 10.9. The second kappa shape index (κ2) is 5.25. The number of sulfonamides is 1. The van der Waals surface area contributed by atoms with Gasteiger partial charge in [0.15, 0.2) is 0 Å². The molecule has 0 spiro atoms. The van der Waals surface area contributed by atoms with Gasteiger partial charge in [-0.2, -0.15) is 0 Å². The van der Waals surface area contributed by atoms with Crippen LogP contribution in [-0.4, -0.2) is 14.3 Å². The highest BCUT2D eigenvalue weighted by molar-refractivity contribution is 7.89. The first kappa shape index (κ1) is 13.3. The summed E-state index contributed by atoms with van der Waals surface area (Å²) < 4.78 is 28.5. The average Bonchev–Trinajstić information content (AvgIpc) is 2.90. The van der Waals surface area contributed by atoms with Crippen LogP contribution in [0.2, 0.25) is 0 Å². The average molecular weight is 280 g/mol. The lowest BCUT2D eigenvalue weighted by Crippen LogP contribution is -2.41. The third kappa shape index (κ3) is 3.21. The van der Waals surface area contributed by atoms with E-state index < -0.39 is 15.9 Å². The number of carbonyl (C=O) groups excluding carboxylic acids is 1. The molecule has 100 valence electrons. The molecule has 6 nitrogen and oxygen atoms in total. The van der Waals surface area contributed by atoms with Crippen LogP contribution in [0.4, 0.5) is 0 Å². The van der Waals surface area contributed by atoms with Crippen LogP contribution in [0, 0.1) is 6.92 Å². The number of furan rings is 1. The predicted octanol–water partition coefficient (Wildman–Crippen LogP) is 1.21. The fraction of sp³-hybridized carbons (Fsp3) is 0.0833. The summed E-state index contributed by atoms with van der Waals surface area (Å²) in [4.78, 5) is 13.6. The van der Waals surface area contributed by atoms with Gasteiger partial charge in [0.05, 0.1) is 16.7 Å². The minimum Gasteiger partial charge on any atom is -0.472 e. The van der Waals surface area contributed by atoms with Gasteiger partial charge in [-0.3, -0.25) is 10.2 Å². The van der Waals surface area contributed by atoms with Gasteiger partial charge in [0.25, 0.3) is 15.9 Å². The number of hydrogen-bond acceptors (Lipinski definition) is 4. The summed E-state index contributed by atoms with van der Waals surface area (Å²) in [7, 11) is -3.78. The van der Waals surface area contributed by atoms with Gasteiger partial charge in [0.2, 0.25) is 0 Å². The van der Waals surface area contributed by atoms with Gasteiger partial charge in [-0.15, -0.1) is 4.83 Å². The third-order valence-electron chi connectivity index (χ3n) is 2.41. The number of carbonyl (C=O) groups is 1. The van der Waals surface area contributed by atoms with Gasteiger partial charge in [-0.05, 0) is 25.1 Å². The topological polar surface area (TPSA) is 88.4 Å². The standard InChI is InChI=1S/C12H12N2O4S/c1-9-2-4-11(5-3-9)19(16,17)14-13-12(15)10-6-7-18-8-10/h2-8,14H,1H3,(H,13,15). The van der Waals surface area contributed by atoms with Crippen molar-refractivity contribution < 1.29 is 17.6 Å². The van der Waals surface area contributed by atoms with Crippen molar-refractivity contribution >= 4 is 15.9 Å². The van der Waals surface area contributed by atoms with Crippen LogP contribution >= 0.6 is 0 Å². The summed E-state index contributed by atoms with van der Waals surface area (Å²) in [5.41, 5.74) is 3.28. The summed E-state index contributed by atoms with van der Waals surface area (Å²) in [6, 6.07) is 7.69. The van der Waals surface area contributed by atoms with E-state index in [1.165, 1.54) is 30.7 Å². The molecule has 1 aromatic heterocycles. The van der Waals surface area contributed by atoms with Crippen LogP contribution in [0.15, 0.2) is 52.2 Å². The number of hydrazine groups is 1. The SMILES string of the molecule is Cc1ccc(S(=O)(=O)NNC(=O)c2ccoc2)cc1. The van der Waals surface area contributed by atoms with Gasteiger partial charge in [0.1, 0.15) is 6.26 Å². The van der Waals surface area contributed by atoms with Crippen molar-refractivity contribution in [2.24, 2.45) is 0 Å². The lowest BCUT2D eigenvalue weighted by Gasteiger charge is -2.07. The Labute approximate surface area is 110 Å². The molecule has 1 aromatic carbocycles. The fourth-order valence-corrected chi connectivity index (χ4v) is 2.20. The fourth-order valence-electron chi connectivity index (χ4n) is 1.36. The summed E-state index contributed by atoms with van der Waals surface area (Å²) in [6.07, 6.45) is 2.54. The maximum atomic E-state index is 11.9. The van der Waals surface area contributed by atoms with Crippen molar-refractivity contribution in [3.05, 3.63) is 54.0 Å². The highest BCUT2D eigenvalue weighted by Gasteiger charge is 2.15. The molecule has 19 heavy (non-hydrogen) atoms. The summed E-state index contributed by atoms with van der Waals surface area (Å²) in [5, 5.41) is 0. The molecule has 0 aliphatic carbocycles. The summed E-state index contributed by atoms with van der Waals surface area (Å²) in [6.45, 7) is 1.85. The van der Waals surface area contributed by atoms with E-state index in [0.717, 1.165) is 5.56 Å². The van der Waals surface area contributed by atoms with Crippen LogP contribution in [0.5, 0.6) is 0 Å². The number of aryl methyl sites for hydroxylation is 1. The van der Waals surface area contributed by atoms with Crippen molar-refractivity contribution in [2.75, 3.05) is 0 Å². The van der Waals surface area contributed by atoms with E-state index in [4.69, 9.17) is 4.42 Å².